The maximum atomic E-state index is 12.5. The van der Waals surface area contributed by atoms with Crippen molar-refractivity contribution in [2.24, 2.45) is 5.92 Å². The molecule has 2 atom stereocenters. The van der Waals surface area contributed by atoms with Crippen LogP contribution >= 0.6 is 0 Å². The maximum Gasteiger partial charge on any atom is 0.243 e. The number of aldehydes is 1. The van der Waals surface area contributed by atoms with Crippen LogP contribution in [0.15, 0.2) is 54.6 Å². The number of nitrogens with one attached hydrogen (secondary N) is 4. The number of aliphatic hydroxyl groups excluding tert-OH is 1. The van der Waals surface area contributed by atoms with Gasteiger partial charge in [-0.3, -0.25) is 33.6 Å². The Morgan fingerprint density at radius 2 is 1.46 bits per heavy atom. The number of Topliss-reactive ketones (excluding diaryl/α,β-unsaturated/α-hetero) is 2. The minimum Gasteiger partial charge on any atom is -0.494 e. The fourth-order valence-electron chi connectivity index (χ4n) is 6.51. The van der Waals surface area contributed by atoms with Crippen molar-refractivity contribution in [3.05, 3.63) is 65.7 Å². The van der Waals surface area contributed by atoms with Crippen LogP contribution in [0.3, 0.4) is 0 Å². The fraction of sp³-hybridized carbons (Fsp3) is 0.627. The van der Waals surface area contributed by atoms with Gasteiger partial charge in [0, 0.05) is 19.6 Å². The van der Waals surface area contributed by atoms with E-state index in [2.05, 4.69) is 42.0 Å². The Morgan fingerprint density at radius 1 is 0.800 bits per heavy atom. The van der Waals surface area contributed by atoms with E-state index in [0.29, 0.717) is 44.6 Å². The molecular formula is C51H85N5O9. The van der Waals surface area contributed by atoms with E-state index < -0.39 is 36.2 Å². The Labute approximate surface area is 391 Å². The lowest BCUT2D eigenvalue weighted by molar-refractivity contribution is -0.139. The van der Waals surface area contributed by atoms with E-state index in [1.54, 1.807) is 31.3 Å². The minimum atomic E-state index is -0.749. The van der Waals surface area contributed by atoms with Gasteiger partial charge in [0.15, 0.2) is 12.1 Å². The van der Waals surface area contributed by atoms with Gasteiger partial charge < -0.3 is 36.0 Å². The Morgan fingerprint density at radius 3 is 2.03 bits per heavy atom. The maximum absolute atomic E-state index is 12.5. The molecule has 5 N–H and O–H groups in total. The summed E-state index contributed by atoms with van der Waals surface area (Å²) in [7, 11) is 1.70. The summed E-state index contributed by atoms with van der Waals surface area (Å²) in [5.41, 5.74) is 1.57. The van der Waals surface area contributed by atoms with Crippen LogP contribution < -0.4 is 26.0 Å². The highest BCUT2D eigenvalue weighted by atomic mass is 16.5. The van der Waals surface area contributed by atoms with Crippen LogP contribution in [0.2, 0.25) is 0 Å². The van der Waals surface area contributed by atoms with Crippen LogP contribution in [0.5, 0.6) is 5.75 Å². The smallest absolute Gasteiger partial charge is 0.243 e. The van der Waals surface area contributed by atoms with Gasteiger partial charge in [0.05, 0.1) is 32.7 Å². The van der Waals surface area contributed by atoms with Crippen molar-refractivity contribution in [3.8, 4) is 5.75 Å². The largest absolute Gasteiger partial charge is 0.494 e. The fourth-order valence-corrected chi connectivity index (χ4v) is 6.51. The summed E-state index contributed by atoms with van der Waals surface area (Å²) in [5.74, 6) is -0.406. The third kappa shape index (κ3) is 30.0. The van der Waals surface area contributed by atoms with E-state index in [9.17, 15) is 33.6 Å². The highest BCUT2D eigenvalue weighted by Crippen LogP contribution is 2.22. The lowest BCUT2D eigenvalue weighted by Gasteiger charge is -2.24. The van der Waals surface area contributed by atoms with E-state index in [4.69, 9.17) is 9.84 Å². The van der Waals surface area contributed by atoms with Crippen LogP contribution in [0.4, 0.5) is 0 Å². The zero-order valence-corrected chi connectivity index (χ0v) is 41.3. The molecule has 368 valence electrons. The standard InChI is InChI=1S/C22H29N3O7.C15H22N2O2.C7H14.C3H8.2C2H6/c26-9-1-2-10-32-18-6-3-5-16(11-18)12-20(29)23-14-21(30)25-8-4-7-19(25)22(31)24-13-17(28)15-27;1-3-4-10-13(18)15(17-14(19)11-16-2)12-8-6-5-7-9-12;1-7-5-3-2-4-6-7;1-3-2;2*1-2/h3,5-6,11,15,19,26H,1-2,4,7-10,12-14H2,(H,23,29)(H,24,31);5-9,15-16H,3-4,10-11H2,1-2H3,(H,17,19);7H,2-6H2,1H3;3H2,1-2H3;2*1-2H3. The molecule has 65 heavy (non-hydrogen) atoms. The van der Waals surface area contributed by atoms with Crippen LogP contribution in [-0.2, 0) is 40.0 Å². The zero-order valence-electron chi connectivity index (χ0n) is 41.3. The summed E-state index contributed by atoms with van der Waals surface area (Å²) in [6.07, 6.45) is 13.7. The van der Waals surface area contributed by atoms with E-state index in [1.807, 2.05) is 65.0 Å². The van der Waals surface area contributed by atoms with Gasteiger partial charge in [0.25, 0.3) is 0 Å². The van der Waals surface area contributed by atoms with E-state index >= 15 is 0 Å². The van der Waals surface area contributed by atoms with Crippen molar-refractivity contribution < 1.29 is 43.4 Å². The summed E-state index contributed by atoms with van der Waals surface area (Å²) in [5, 5.41) is 19.3. The molecule has 2 unspecified atom stereocenters. The first-order valence-electron chi connectivity index (χ1n) is 24.1. The number of hydrogen-bond donors (Lipinski definition) is 5. The summed E-state index contributed by atoms with van der Waals surface area (Å²) in [6, 6.07) is 15.2. The molecular weight excluding hydrogens is 827 g/mol. The number of carbonyl (C=O) groups is 7. The van der Waals surface area contributed by atoms with Crippen molar-refractivity contribution in [1.29, 1.82) is 0 Å². The second-order valence-electron chi connectivity index (χ2n) is 15.4. The second kappa shape index (κ2) is 41.7. The highest BCUT2D eigenvalue weighted by molar-refractivity contribution is 6.26. The molecule has 1 saturated heterocycles. The molecule has 1 aliphatic heterocycles. The van der Waals surface area contributed by atoms with Gasteiger partial charge >= 0.3 is 0 Å². The minimum absolute atomic E-state index is 0.0671. The lowest BCUT2D eigenvalue weighted by Crippen LogP contribution is -2.49. The van der Waals surface area contributed by atoms with Crippen molar-refractivity contribution in [2.75, 3.05) is 46.4 Å². The Bertz CT molecular complexity index is 1580. The Kier molecular flexibility index (Phi) is 39.9. The highest BCUT2D eigenvalue weighted by Gasteiger charge is 2.34. The van der Waals surface area contributed by atoms with E-state index in [-0.39, 0.29) is 50.0 Å². The number of unbranched alkanes of at least 4 members (excludes halogenated alkanes) is 2. The number of likely N-dealkylation sites (N-methyl/N-ethyl adjacent to an activating group) is 1. The first kappa shape index (κ1) is 62.1. The number of likely N-dealkylation sites (tertiary alicyclic amines) is 1. The average molecular weight is 912 g/mol. The van der Waals surface area contributed by atoms with Crippen molar-refractivity contribution in [1.82, 2.24) is 26.2 Å². The molecule has 4 rings (SSSR count). The normalized spacial score (nSPS) is 14.1. The monoisotopic (exact) mass is 912 g/mol. The number of nitrogens with zero attached hydrogens (tertiary/aromatic N) is 1. The summed E-state index contributed by atoms with van der Waals surface area (Å²) in [6.45, 7) is 17.2. The predicted molar refractivity (Wildman–Crippen MR) is 260 cm³/mol. The van der Waals surface area contributed by atoms with Gasteiger partial charge in [0.2, 0.25) is 29.4 Å². The lowest BCUT2D eigenvalue weighted by atomic mass is 9.91. The van der Waals surface area contributed by atoms with Crippen LogP contribution in [0.25, 0.3) is 0 Å². The number of carbonyl (C=O) groups excluding carboxylic acids is 7. The summed E-state index contributed by atoms with van der Waals surface area (Å²) >= 11 is 0. The Balaban J connectivity index is 0. The van der Waals surface area contributed by atoms with Gasteiger partial charge in [-0.05, 0) is 68.3 Å². The summed E-state index contributed by atoms with van der Waals surface area (Å²) < 4.78 is 5.59. The van der Waals surface area contributed by atoms with E-state index in [1.165, 1.54) is 43.4 Å². The Hall–Kier alpha value is -4.95. The molecule has 2 fully saturated rings. The third-order valence-electron chi connectivity index (χ3n) is 9.73. The molecule has 0 radical (unpaired) electrons. The molecule has 1 heterocycles. The van der Waals surface area contributed by atoms with Crippen LogP contribution in [-0.4, -0.2) is 104 Å². The number of hydrogen-bond acceptors (Lipinski definition) is 10. The number of ether oxygens (including phenoxy) is 1. The molecule has 0 aromatic heterocycles. The molecule has 1 saturated carbocycles. The third-order valence-corrected chi connectivity index (χ3v) is 9.73. The second-order valence-corrected chi connectivity index (χ2v) is 15.4. The van der Waals surface area contributed by atoms with Gasteiger partial charge in [0.1, 0.15) is 17.8 Å². The first-order valence-corrected chi connectivity index (χ1v) is 24.1. The molecule has 4 amide bonds. The molecule has 2 aromatic rings. The summed E-state index contributed by atoms with van der Waals surface area (Å²) in [4.78, 5) is 83.7. The molecule has 2 aliphatic rings. The molecule has 0 bridgehead atoms. The quantitative estimate of drug-likeness (QED) is 0.0483. The van der Waals surface area contributed by atoms with Gasteiger partial charge in [-0.15, -0.1) is 0 Å². The number of rotatable bonds is 21. The average Bonchev–Trinajstić information content (AvgIpc) is 3.83. The van der Waals surface area contributed by atoms with Gasteiger partial charge in [-0.1, -0.05) is 143 Å². The van der Waals surface area contributed by atoms with Crippen molar-refractivity contribution in [2.45, 2.75) is 157 Å². The van der Waals surface area contributed by atoms with E-state index in [0.717, 1.165) is 36.3 Å². The number of ketones is 2. The van der Waals surface area contributed by atoms with Crippen LogP contribution in [0, 0.1) is 5.92 Å². The molecule has 14 nitrogen and oxygen atoms in total. The SMILES string of the molecule is CC.CC.CC1CCCCC1.CCC.CCCCC(=O)C(NC(=O)CNC)c1ccccc1.O=CC(=O)CNC(=O)C1CCCN1C(=O)CNC(=O)Cc1cccc(OCCCCO)c1. The van der Waals surface area contributed by atoms with Gasteiger partial charge in [-0.2, -0.15) is 0 Å². The first-order chi connectivity index (χ1) is 31.4. The topological polar surface area (TPSA) is 200 Å². The number of benzene rings is 2. The van der Waals surface area contributed by atoms with Crippen LogP contribution in [0.1, 0.15) is 156 Å². The molecule has 14 heteroatoms. The molecule has 1 aliphatic carbocycles. The number of amides is 4. The van der Waals surface area contributed by atoms with Crippen molar-refractivity contribution in [3.63, 3.8) is 0 Å². The number of aliphatic hydroxyl groups is 1. The van der Waals surface area contributed by atoms with Gasteiger partial charge in [-0.25, -0.2) is 0 Å². The zero-order chi connectivity index (χ0) is 49.3. The predicted octanol–water partition coefficient (Wildman–Crippen LogP) is 7.25. The molecule has 2 aromatic carbocycles. The van der Waals surface area contributed by atoms with Crippen molar-refractivity contribution >= 4 is 41.5 Å². The molecule has 0 spiro atoms.